The first-order chi connectivity index (χ1) is 8.56. The zero-order valence-electron chi connectivity index (χ0n) is 10.2. The Morgan fingerprint density at radius 1 is 1.33 bits per heavy atom. The minimum Gasteiger partial charge on any atom is -0.377 e. The summed E-state index contributed by atoms with van der Waals surface area (Å²) in [4.78, 5) is 4.27. The van der Waals surface area contributed by atoms with Crippen LogP contribution in [0.3, 0.4) is 0 Å². The van der Waals surface area contributed by atoms with Gasteiger partial charge in [-0.25, -0.2) is 4.98 Å². The maximum atomic E-state index is 5.99. The van der Waals surface area contributed by atoms with Gasteiger partial charge in [-0.15, -0.1) is 0 Å². The van der Waals surface area contributed by atoms with Crippen LogP contribution in [0, 0.1) is 6.92 Å². The maximum Gasteiger partial charge on any atom is 0.109 e. The third kappa shape index (κ3) is 3.24. The van der Waals surface area contributed by atoms with Crippen LogP contribution in [0.1, 0.15) is 24.1 Å². The molecule has 1 N–H and O–H groups in total. The van der Waals surface area contributed by atoms with Crippen molar-refractivity contribution in [1.82, 2.24) is 4.98 Å². The van der Waals surface area contributed by atoms with Crippen molar-refractivity contribution < 1.29 is 0 Å². The monoisotopic (exact) mass is 324 g/mol. The van der Waals surface area contributed by atoms with Crippen molar-refractivity contribution >= 4 is 33.2 Å². The number of hydrogen-bond acceptors (Lipinski definition) is 2. The molecule has 0 saturated carbocycles. The van der Waals surface area contributed by atoms with E-state index in [0.29, 0.717) is 0 Å². The SMILES string of the molecule is Cc1cc(NC(C)c2cccc(Cl)c2)cnc1Br. The fourth-order valence-corrected chi connectivity index (χ4v) is 2.16. The minimum absolute atomic E-state index is 0.186. The Labute approximate surface area is 121 Å². The van der Waals surface area contributed by atoms with Gasteiger partial charge in [0.05, 0.1) is 11.9 Å². The zero-order chi connectivity index (χ0) is 13.1. The molecule has 0 fully saturated rings. The van der Waals surface area contributed by atoms with E-state index < -0.39 is 0 Å². The molecule has 2 rings (SSSR count). The number of aromatic nitrogens is 1. The lowest BCUT2D eigenvalue weighted by Crippen LogP contribution is -2.07. The second kappa shape index (κ2) is 5.72. The van der Waals surface area contributed by atoms with Gasteiger partial charge in [0, 0.05) is 11.1 Å². The number of nitrogens with one attached hydrogen (secondary N) is 1. The van der Waals surface area contributed by atoms with Crippen LogP contribution in [0.25, 0.3) is 0 Å². The minimum atomic E-state index is 0.186. The maximum absolute atomic E-state index is 5.99. The van der Waals surface area contributed by atoms with E-state index in [2.05, 4.69) is 45.3 Å². The van der Waals surface area contributed by atoms with Gasteiger partial charge in [0.1, 0.15) is 4.60 Å². The summed E-state index contributed by atoms with van der Waals surface area (Å²) in [6, 6.07) is 10.1. The van der Waals surface area contributed by atoms with Gasteiger partial charge in [-0.3, -0.25) is 0 Å². The summed E-state index contributed by atoms with van der Waals surface area (Å²) in [6.07, 6.45) is 1.82. The molecular formula is C14H14BrClN2. The molecule has 94 valence electrons. The molecule has 0 radical (unpaired) electrons. The number of hydrogen-bond donors (Lipinski definition) is 1. The summed E-state index contributed by atoms with van der Waals surface area (Å²) in [7, 11) is 0. The van der Waals surface area contributed by atoms with Gasteiger partial charge in [0.25, 0.3) is 0 Å². The van der Waals surface area contributed by atoms with E-state index >= 15 is 0 Å². The molecule has 0 saturated heterocycles. The van der Waals surface area contributed by atoms with Crippen molar-refractivity contribution in [2.75, 3.05) is 5.32 Å². The predicted molar refractivity (Wildman–Crippen MR) is 80.2 cm³/mol. The van der Waals surface area contributed by atoms with Crippen LogP contribution in [0.2, 0.25) is 5.02 Å². The summed E-state index contributed by atoms with van der Waals surface area (Å²) in [5.41, 5.74) is 3.27. The van der Waals surface area contributed by atoms with Crippen LogP contribution in [-0.2, 0) is 0 Å². The van der Waals surface area contributed by atoms with E-state index in [9.17, 15) is 0 Å². The first kappa shape index (κ1) is 13.4. The second-order valence-corrected chi connectivity index (χ2v) is 5.44. The van der Waals surface area contributed by atoms with Gasteiger partial charge in [0.15, 0.2) is 0 Å². The zero-order valence-corrected chi connectivity index (χ0v) is 12.6. The average Bonchev–Trinajstić information content (AvgIpc) is 2.34. The van der Waals surface area contributed by atoms with Crippen molar-refractivity contribution in [3.8, 4) is 0 Å². The fourth-order valence-electron chi connectivity index (χ4n) is 1.75. The average molecular weight is 326 g/mol. The highest BCUT2D eigenvalue weighted by molar-refractivity contribution is 9.10. The van der Waals surface area contributed by atoms with Gasteiger partial charge in [-0.1, -0.05) is 23.7 Å². The Hall–Kier alpha value is -1.06. The number of benzene rings is 1. The molecule has 4 heteroatoms. The molecule has 1 aromatic heterocycles. The highest BCUT2D eigenvalue weighted by Gasteiger charge is 2.06. The molecule has 1 unspecified atom stereocenters. The van der Waals surface area contributed by atoms with Crippen LogP contribution in [0.15, 0.2) is 41.1 Å². The normalized spacial score (nSPS) is 12.2. The smallest absolute Gasteiger partial charge is 0.109 e. The summed E-state index contributed by atoms with van der Waals surface area (Å²) in [5, 5.41) is 4.17. The predicted octanol–water partition coefficient (Wildman–Crippen LogP) is 4.98. The third-order valence-corrected chi connectivity index (χ3v) is 3.81. The lowest BCUT2D eigenvalue weighted by molar-refractivity contribution is 0.882. The van der Waals surface area contributed by atoms with Crippen LogP contribution in [0.5, 0.6) is 0 Å². The second-order valence-electron chi connectivity index (χ2n) is 4.25. The van der Waals surface area contributed by atoms with Crippen molar-refractivity contribution in [1.29, 1.82) is 0 Å². The molecule has 0 amide bonds. The molecule has 0 spiro atoms. The van der Waals surface area contributed by atoms with Gasteiger partial charge in [-0.05, 0) is 59.1 Å². The molecule has 0 aliphatic rings. The molecular weight excluding hydrogens is 312 g/mol. The highest BCUT2D eigenvalue weighted by atomic mass is 79.9. The van der Waals surface area contributed by atoms with E-state index in [4.69, 9.17) is 11.6 Å². The van der Waals surface area contributed by atoms with E-state index in [-0.39, 0.29) is 6.04 Å². The molecule has 1 heterocycles. The van der Waals surface area contributed by atoms with Crippen LogP contribution >= 0.6 is 27.5 Å². The summed E-state index contributed by atoms with van der Waals surface area (Å²) in [5.74, 6) is 0. The molecule has 18 heavy (non-hydrogen) atoms. The number of pyridine rings is 1. The van der Waals surface area contributed by atoms with Gasteiger partial charge in [-0.2, -0.15) is 0 Å². The third-order valence-electron chi connectivity index (χ3n) is 2.75. The molecule has 0 aliphatic carbocycles. The van der Waals surface area contributed by atoms with Crippen LogP contribution in [0.4, 0.5) is 5.69 Å². The highest BCUT2D eigenvalue weighted by Crippen LogP contribution is 2.23. The first-order valence-electron chi connectivity index (χ1n) is 5.70. The quantitative estimate of drug-likeness (QED) is 0.805. The standard InChI is InChI=1S/C14H14BrClN2/c1-9-6-13(8-17-14(9)15)18-10(2)11-4-3-5-12(16)7-11/h3-8,10,18H,1-2H3. The lowest BCUT2D eigenvalue weighted by atomic mass is 10.1. The topological polar surface area (TPSA) is 24.9 Å². The van der Waals surface area contributed by atoms with Gasteiger partial charge < -0.3 is 5.32 Å². The summed E-state index contributed by atoms with van der Waals surface area (Å²) < 4.78 is 0.878. The summed E-state index contributed by atoms with van der Waals surface area (Å²) >= 11 is 9.39. The first-order valence-corrected chi connectivity index (χ1v) is 6.87. The molecule has 2 nitrogen and oxygen atoms in total. The number of rotatable bonds is 3. The molecule has 1 aromatic carbocycles. The number of aryl methyl sites for hydroxylation is 1. The molecule has 0 bridgehead atoms. The number of nitrogens with zero attached hydrogens (tertiary/aromatic N) is 1. The van der Waals surface area contributed by atoms with E-state index in [0.717, 1.165) is 26.4 Å². The van der Waals surface area contributed by atoms with Crippen LogP contribution < -0.4 is 5.32 Å². The van der Waals surface area contributed by atoms with E-state index in [1.165, 1.54) is 0 Å². The number of anilines is 1. The van der Waals surface area contributed by atoms with Crippen molar-refractivity contribution in [3.05, 3.63) is 57.3 Å². The fraction of sp³-hybridized carbons (Fsp3) is 0.214. The van der Waals surface area contributed by atoms with Gasteiger partial charge >= 0.3 is 0 Å². The van der Waals surface area contributed by atoms with E-state index in [1.807, 2.05) is 31.3 Å². The summed E-state index contributed by atoms with van der Waals surface area (Å²) in [6.45, 7) is 4.12. The molecule has 2 aromatic rings. The Bertz CT molecular complexity index is 557. The molecule has 0 aliphatic heterocycles. The largest absolute Gasteiger partial charge is 0.377 e. The van der Waals surface area contributed by atoms with Crippen LogP contribution in [-0.4, -0.2) is 4.98 Å². The Balaban J connectivity index is 2.16. The van der Waals surface area contributed by atoms with Gasteiger partial charge in [0.2, 0.25) is 0 Å². The number of halogens is 2. The van der Waals surface area contributed by atoms with Crippen molar-refractivity contribution in [2.45, 2.75) is 19.9 Å². The Kier molecular flexibility index (Phi) is 4.25. The van der Waals surface area contributed by atoms with Crippen molar-refractivity contribution in [2.24, 2.45) is 0 Å². The Morgan fingerprint density at radius 3 is 2.78 bits per heavy atom. The lowest BCUT2D eigenvalue weighted by Gasteiger charge is -2.16. The Morgan fingerprint density at radius 2 is 2.11 bits per heavy atom. The van der Waals surface area contributed by atoms with Crippen molar-refractivity contribution in [3.63, 3.8) is 0 Å². The molecule has 1 atom stereocenters. The van der Waals surface area contributed by atoms with E-state index in [1.54, 1.807) is 0 Å².